The standard InChI is InChI=1S/C28H30F4N4O6/c1-16(2)22(33-23(37)20-14-19(8-9-21(20)29)42-28(30,31)32)24(38)35-12-10-27(11-13-35)26(41)34(3)15-36(27)18-6-4-17(5-7-18)25(39)40/h4-9,14,16,22H,10-13,15H2,1-3H3,(H,33,37)(H,39,40). The molecule has 226 valence electrons. The summed E-state index contributed by atoms with van der Waals surface area (Å²) in [5.41, 5.74) is -0.914. The summed E-state index contributed by atoms with van der Waals surface area (Å²) in [6.07, 6.45) is -4.53. The fourth-order valence-electron chi connectivity index (χ4n) is 5.38. The summed E-state index contributed by atoms with van der Waals surface area (Å²) in [5.74, 6) is -5.10. The van der Waals surface area contributed by atoms with E-state index >= 15 is 0 Å². The number of piperidine rings is 1. The SMILES string of the molecule is CC(C)C(NC(=O)c1cc(OC(F)(F)F)ccc1F)C(=O)N1CCC2(CC1)C(=O)N(C)CN2c1ccc(C(=O)O)cc1. The number of benzene rings is 2. The van der Waals surface area contributed by atoms with Gasteiger partial charge in [0, 0.05) is 25.8 Å². The number of halogens is 4. The molecule has 2 aromatic rings. The van der Waals surface area contributed by atoms with Crippen LogP contribution in [0.5, 0.6) is 5.75 Å². The Morgan fingerprint density at radius 1 is 1.05 bits per heavy atom. The smallest absolute Gasteiger partial charge is 0.478 e. The Hall–Kier alpha value is -4.36. The van der Waals surface area contributed by atoms with Crippen molar-refractivity contribution in [3.63, 3.8) is 0 Å². The van der Waals surface area contributed by atoms with Crippen LogP contribution in [0.4, 0.5) is 23.2 Å². The van der Waals surface area contributed by atoms with Crippen molar-refractivity contribution in [2.75, 3.05) is 31.7 Å². The number of carbonyl (C=O) groups excluding carboxylic acids is 3. The van der Waals surface area contributed by atoms with E-state index in [4.69, 9.17) is 0 Å². The lowest BCUT2D eigenvalue weighted by atomic mass is 9.85. The average molecular weight is 595 g/mol. The summed E-state index contributed by atoms with van der Waals surface area (Å²) >= 11 is 0. The topological polar surface area (TPSA) is 119 Å². The van der Waals surface area contributed by atoms with Crippen LogP contribution < -0.4 is 15.0 Å². The lowest BCUT2D eigenvalue weighted by Crippen LogP contribution is -2.60. The van der Waals surface area contributed by atoms with Crippen LogP contribution in [0.25, 0.3) is 0 Å². The highest BCUT2D eigenvalue weighted by atomic mass is 19.4. The molecular weight excluding hydrogens is 564 g/mol. The van der Waals surface area contributed by atoms with E-state index < -0.39 is 58.8 Å². The van der Waals surface area contributed by atoms with E-state index in [2.05, 4.69) is 10.1 Å². The molecule has 1 unspecified atom stereocenters. The number of carbonyl (C=O) groups is 4. The number of alkyl halides is 3. The van der Waals surface area contributed by atoms with Crippen LogP contribution in [0.15, 0.2) is 42.5 Å². The van der Waals surface area contributed by atoms with Crippen molar-refractivity contribution in [1.29, 1.82) is 0 Å². The normalized spacial score (nSPS) is 17.5. The monoisotopic (exact) mass is 594 g/mol. The average Bonchev–Trinajstić information content (AvgIpc) is 3.16. The Labute approximate surface area is 238 Å². The molecule has 4 rings (SSSR count). The maximum absolute atomic E-state index is 14.4. The van der Waals surface area contributed by atoms with Crippen molar-refractivity contribution in [2.45, 2.75) is 44.6 Å². The van der Waals surface area contributed by atoms with Gasteiger partial charge in [0.25, 0.3) is 5.91 Å². The maximum atomic E-state index is 14.4. The second kappa shape index (κ2) is 11.5. The third-order valence-corrected chi connectivity index (χ3v) is 7.58. The van der Waals surface area contributed by atoms with Gasteiger partial charge in [0.2, 0.25) is 11.8 Å². The lowest BCUT2D eigenvalue weighted by molar-refractivity contribution is -0.274. The summed E-state index contributed by atoms with van der Waals surface area (Å²) in [4.78, 5) is 55.9. The summed E-state index contributed by atoms with van der Waals surface area (Å²) < 4.78 is 56.0. The van der Waals surface area contributed by atoms with Crippen LogP contribution in [0.3, 0.4) is 0 Å². The molecule has 0 aliphatic carbocycles. The first-order valence-corrected chi connectivity index (χ1v) is 13.1. The second-order valence-corrected chi connectivity index (χ2v) is 10.7. The first-order chi connectivity index (χ1) is 19.6. The number of aromatic carboxylic acids is 1. The first kappa shape index (κ1) is 30.6. The maximum Gasteiger partial charge on any atom is 0.573 e. The highest BCUT2D eigenvalue weighted by Gasteiger charge is 2.53. The Morgan fingerprint density at radius 3 is 2.21 bits per heavy atom. The Balaban J connectivity index is 1.49. The molecule has 0 bridgehead atoms. The minimum absolute atomic E-state index is 0.105. The van der Waals surface area contributed by atoms with E-state index in [1.165, 1.54) is 17.0 Å². The van der Waals surface area contributed by atoms with E-state index in [0.717, 1.165) is 6.07 Å². The van der Waals surface area contributed by atoms with Crippen LogP contribution in [-0.4, -0.2) is 83.3 Å². The molecule has 2 fully saturated rings. The fraction of sp³-hybridized carbons (Fsp3) is 0.429. The molecule has 0 aromatic heterocycles. The van der Waals surface area contributed by atoms with E-state index in [1.807, 2.05) is 4.90 Å². The van der Waals surface area contributed by atoms with Crippen LogP contribution >= 0.6 is 0 Å². The van der Waals surface area contributed by atoms with Crippen LogP contribution in [0, 0.1) is 11.7 Å². The number of anilines is 1. The molecule has 10 nitrogen and oxygen atoms in total. The number of nitrogens with zero attached hydrogens (tertiary/aromatic N) is 3. The van der Waals surface area contributed by atoms with Crippen molar-refractivity contribution >= 4 is 29.4 Å². The van der Waals surface area contributed by atoms with Crippen molar-refractivity contribution in [1.82, 2.24) is 15.1 Å². The summed E-state index contributed by atoms with van der Waals surface area (Å²) in [6, 6.07) is 7.07. The van der Waals surface area contributed by atoms with Gasteiger partial charge in [0.05, 0.1) is 17.8 Å². The summed E-state index contributed by atoms with van der Waals surface area (Å²) in [5, 5.41) is 11.7. The molecule has 2 aliphatic rings. The summed E-state index contributed by atoms with van der Waals surface area (Å²) in [6.45, 7) is 3.90. The molecule has 2 aliphatic heterocycles. The fourth-order valence-corrected chi connectivity index (χ4v) is 5.38. The Kier molecular flexibility index (Phi) is 8.37. The van der Waals surface area contributed by atoms with E-state index in [-0.39, 0.29) is 44.1 Å². The number of amides is 3. The number of nitrogens with one attached hydrogen (secondary N) is 1. The van der Waals surface area contributed by atoms with Gasteiger partial charge in [0.1, 0.15) is 23.1 Å². The molecule has 2 aromatic carbocycles. The lowest BCUT2D eigenvalue weighted by Gasteiger charge is -2.44. The Bertz CT molecular complexity index is 1370. The predicted octanol–water partition coefficient (Wildman–Crippen LogP) is 3.47. The largest absolute Gasteiger partial charge is 0.573 e. The number of likely N-dealkylation sites (tertiary alicyclic amines) is 1. The highest BCUT2D eigenvalue weighted by Crippen LogP contribution is 2.39. The number of hydrogen-bond donors (Lipinski definition) is 2. The molecule has 2 heterocycles. The molecule has 42 heavy (non-hydrogen) atoms. The van der Waals surface area contributed by atoms with Gasteiger partial charge in [-0.2, -0.15) is 0 Å². The molecule has 1 atom stereocenters. The molecular formula is C28H30F4N4O6. The predicted molar refractivity (Wildman–Crippen MR) is 141 cm³/mol. The van der Waals surface area contributed by atoms with Crippen molar-refractivity contribution in [2.24, 2.45) is 5.92 Å². The van der Waals surface area contributed by atoms with Gasteiger partial charge >= 0.3 is 12.3 Å². The van der Waals surface area contributed by atoms with E-state index in [9.17, 15) is 41.8 Å². The van der Waals surface area contributed by atoms with E-state index in [1.54, 1.807) is 37.9 Å². The quantitative estimate of drug-likeness (QED) is 0.472. The first-order valence-electron chi connectivity index (χ1n) is 13.1. The van der Waals surface area contributed by atoms with Gasteiger partial charge in [-0.25, -0.2) is 9.18 Å². The van der Waals surface area contributed by atoms with Gasteiger partial charge in [0.15, 0.2) is 0 Å². The minimum atomic E-state index is -5.04. The van der Waals surface area contributed by atoms with E-state index in [0.29, 0.717) is 17.8 Å². The van der Waals surface area contributed by atoms with Gasteiger partial charge in [-0.05, 0) is 61.2 Å². The summed E-state index contributed by atoms with van der Waals surface area (Å²) in [7, 11) is 1.66. The van der Waals surface area contributed by atoms with Gasteiger partial charge in [-0.3, -0.25) is 14.4 Å². The zero-order valence-electron chi connectivity index (χ0n) is 23.1. The van der Waals surface area contributed by atoms with Crippen LogP contribution in [0.1, 0.15) is 47.4 Å². The van der Waals surface area contributed by atoms with Crippen molar-refractivity contribution in [3.8, 4) is 5.75 Å². The molecule has 2 N–H and O–H groups in total. The van der Waals surface area contributed by atoms with Crippen LogP contribution in [-0.2, 0) is 9.59 Å². The van der Waals surface area contributed by atoms with Crippen molar-refractivity contribution in [3.05, 3.63) is 59.4 Å². The molecule has 2 saturated heterocycles. The number of carboxylic acid groups (broad SMARTS) is 1. The number of carboxylic acids is 1. The van der Waals surface area contributed by atoms with Crippen molar-refractivity contribution < 1.29 is 46.6 Å². The molecule has 3 amide bonds. The molecule has 0 radical (unpaired) electrons. The van der Waals surface area contributed by atoms with Gasteiger partial charge in [-0.1, -0.05) is 13.8 Å². The molecule has 14 heteroatoms. The van der Waals surface area contributed by atoms with Crippen LogP contribution in [0.2, 0.25) is 0 Å². The zero-order chi connectivity index (χ0) is 31.0. The number of likely N-dealkylation sites (N-methyl/N-ethyl adjacent to an activating group) is 1. The third kappa shape index (κ3) is 6.11. The third-order valence-electron chi connectivity index (χ3n) is 7.58. The minimum Gasteiger partial charge on any atom is -0.478 e. The zero-order valence-corrected chi connectivity index (χ0v) is 23.1. The molecule has 1 spiro atoms. The van der Waals surface area contributed by atoms with Gasteiger partial charge < -0.3 is 29.9 Å². The van der Waals surface area contributed by atoms with Gasteiger partial charge in [-0.15, -0.1) is 13.2 Å². The molecule has 0 saturated carbocycles. The number of rotatable bonds is 7. The highest BCUT2D eigenvalue weighted by molar-refractivity contribution is 5.98. The number of ether oxygens (including phenoxy) is 1. The Morgan fingerprint density at radius 2 is 1.67 bits per heavy atom. The number of hydrogen-bond acceptors (Lipinski definition) is 6. The second-order valence-electron chi connectivity index (χ2n) is 10.7.